The van der Waals surface area contributed by atoms with E-state index in [0.717, 1.165) is 15.6 Å². The minimum atomic E-state index is -0.334. The van der Waals surface area contributed by atoms with Crippen molar-refractivity contribution in [1.29, 1.82) is 0 Å². The van der Waals surface area contributed by atoms with Gasteiger partial charge in [-0.15, -0.1) is 0 Å². The van der Waals surface area contributed by atoms with Crippen molar-refractivity contribution >= 4 is 33.7 Å². The number of rotatable bonds is 2. The van der Waals surface area contributed by atoms with E-state index in [1.54, 1.807) is 24.5 Å². The number of aromatic nitrogens is 1. The second kappa shape index (κ2) is 5.43. The number of nitrogens with zero attached hydrogens (tertiary/aromatic N) is 1. The Kier molecular flexibility index (Phi) is 3.48. The van der Waals surface area contributed by atoms with Gasteiger partial charge in [0, 0.05) is 22.4 Å². The molecule has 98 valence electrons. The van der Waals surface area contributed by atoms with Crippen molar-refractivity contribution in [1.82, 2.24) is 4.98 Å². The molecule has 1 aromatic heterocycles. The summed E-state index contributed by atoms with van der Waals surface area (Å²) in [6, 6.07) is 11.3. The van der Waals surface area contributed by atoms with E-state index in [9.17, 15) is 4.79 Å². The lowest BCUT2D eigenvalue weighted by molar-refractivity contribution is -0.130. The van der Waals surface area contributed by atoms with Crippen molar-refractivity contribution in [2.24, 2.45) is 0 Å². The first kappa shape index (κ1) is 12.8. The number of cyclic esters (lactones) is 1. The van der Waals surface area contributed by atoms with Crippen molar-refractivity contribution in [3.63, 3.8) is 0 Å². The van der Waals surface area contributed by atoms with E-state index in [4.69, 9.17) is 4.74 Å². The normalized spacial score (nSPS) is 16.1. The second-order valence-electron chi connectivity index (χ2n) is 4.29. The maximum absolute atomic E-state index is 11.9. The van der Waals surface area contributed by atoms with Gasteiger partial charge in [-0.2, -0.15) is 0 Å². The molecule has 2 heterocycles. The van der Waals surface area contributed by atoms with Gasteiger partial charge in [-0.25, -0.2) is 4.79 Å². The van der Waals surface area contributed by atoms with Crippen LogP contribution in [0, 0.1) is 0 Å². The standard InChI is InChI=1S/C16H10BrNO2/c17-14-3-1-12(2-4-14)15-10-13(16(19)20-15)9-11-5-7-18-8-6-11/h1-10H/b13-9-. The molecule has 0 fully saturated rings. The van der Waals surface area contributed by atoms with E-state index in [2.05, 4.69) is 20.9 Å². The van der Waals surface area contributed by atoms with E-state index in [1.807, 2.05) is 36.4 Å². The average Bonchev–Trinajstić information content (AvgIpc) is 2.82. The summed E-state index contributed by atoms with van der Waals surface area (Å²) in [5.74, 6) is 0.238. The second-order valence-corrected chi connectivity index (χ2v) is 5.20. The molecule has 0 aliphatic carbocycles. The Balaban J connectivity index is 1.93. The minimum Gasteiger partial charge on any atom is -0.422 e. The number of esters is 1. The van der Waals surface area contributed by atoms with Crippen LogP contribution in [0.1, 0.15) is 11.1 Å². The fourth-order valence-electron chi connectivity index (χ4n) is 1.88. The summed E-state index contributed by atoms with van der Waals surface area (Å²) in [5, 5.41) is 0. The van der Waals surface area contributed by atoms with Gasteiger partial charge in [-0.05, 0) is 42.0 Å². The molecule has 1 aromatic carbocycles. The highest BCUT2D eigenvalue weighted by Crippen LogP contribution is 2.28. The highest BCUT2D eigenvalue weighted by Gasteiger charge is 2.21. The fourth-order valence-corrected chi connectivity index (χ4v) is 2.15. The third-order valence-corrected chi connectivity index (χ3v) is 3.41. The largest absolute Gasteiger partial charge is 0.422 e. The molecule has 0 saturated heterocycles. The molecule has 4 heteroatoms. The molecule has 0 bridgehead atoms. The van der Waals surface area contributed by atoms with Gasteiger partial charge in [0.25, 0.3) is 0 Å². The Hall–Kier alpha value is -2.20. The zero-order valence-corrected chi connectivity index (χ0v) is 12.0. The van der Waals surface area contributed by atoms with E-state index < -0.39 is 0 Å². The number of ether oxygens (including phenoxy) is 1. The Morgan fingerprint density at radius 3 is 2.45 bits per heavy atom. The smallest absolute Gasteiger partial charge is 0.343 e. The molecule has 0 spiro atoms. The summed E-state index contributed by atoms with van der Waals surface area (Å²) in [6.07, 6.45) is 6.92. The predicted octanol–water partition coefficient (Wildman–Crippen LogP) is 3.83. The van der Waals surface area contributed by atoms with Gasteiger partial charge in [-0.1, -0.05) is 28.1 Å². The molecule has 0 amide bonds. The lowest BCUT2D eigenvalue weighted by Gasteiger charge is -2.01. The third kappa shape index (κ3) is 2.70. The van der Waals surface area contributed by atoms with Gasteiger partial charge >= 0.3 is 5.97 Å². The van der Waals surface area contributed by atoms with E-state index in [0.29, 0.717) is 11.3 Å². The summed E-state index contributed by atoms with van der Waals surface area (Å²) in [6.45, 7) is 0. The van der Waals surface area contributed by atoms with Crippen LogP contribution in [0.4, 0.5) is 0 Å². The highest BCUT2D eigenvalue weighted by atomic mass is 79.9. The summed E-state index contributed by atoms with van der Waals surface area (Å²) < 4.78 is 6.28. The summed E-state index contributed by atoms with van der Waals surface area (Å²) in [4.78, 5) is 15.8. The van der Waals surface area contributed by atoms with E-state index in [-0.39, 0.29) is 5.97 Å². The van der Waals surface area contributed by atoms with Gasteiger partial charge in [0.15, 0.2) is 0 Å². The molecular weight excluding hydrogens is 318 g/mol. The maximum Gasteiger partial charge on any atom is 0.343 e. The summed E-state index contributed by atoms with van der Waals surface area (Å²) in [7, 11) is 0. The summed E-state index contributed by atoms with van der Waals surface area (Å²) >= 11 is 3.38. The van der Waals surface area contributed by atoms with Gasteiger partial charge in [0.1, 0.15) is 5.76 Å². The van der Waals surface area contributed by atoms with E-state index >= 15 is 0 Å². The van der Waals surface area contributed by atoms with Crippen LogP contribution in [0.5, 0.6) is 0 Å². The number of benzene rings is 1. The number of carbonyl (C=O) groups excluding carboxylic acids is 1. The van der Waals surface area contributed by atoms with Crippen LogP contribution in [0.3, 0.4) is 0 Å². The summed E-state index contributed by atoms with van der Waals surface area (Å²) in [5.41, 5.74) is 2.33. The Labute approximate surface area is 124 Å². The number of halogens is 1. The topological polar surface area (TPSA) is 39.2 Å². The third-order valence-electron chi connectivity index (χ3n) is 2.88. The van der Waals surface area contributed by atoms with Gasteiger partial charge < -0.3 is 4.74 Å². The first-order chi connectivity index (χ1) is 9.72. The molecule has 2 aromatic rings. The van der Waals surface area contributed by atoms with Crippen LogP contribution >= 0.6 is 15.9 Å². The van der Waals surface area contributed by atoms with E-state index in [1.165, 1.54) is 0 Å². The predicted molar refractivity (Wildman–Crippen MR) is 80.4 cm³/mol. The monoisotopic (exact) mass is 327 g/mol. The molecule has 1 aliphatic rings. The molecule has 0 N–H and O–H groups in total. The van der Waals surface area contributed by atoms with Gasteiger partial charge in [0.05, 0.1) is 5.57 Å². The van der Waals surface area contributed by atoms with Crippen molar-refractivity contribution < 1.29 is 9.53 Å². The van der Waals surface area contributed by atoms with Crippen LogP contribution in [0.2, 0.25) is 0 Å². The molecule has 0 unspecified atom stereocenters. The molecular formula is C16H10BrNO2. The van der Waals surface area contributed by atoms with Crippen LogP contribution in [-0.2, 0) is 9.53 Å². The number of hydrogen-bond donors (Lipinski definition) is 0. The zero-order chi connectivity index (χ0) is 13.9. The molecule has 20 heavy (non-hydrogen) atoms. The molecule has 0 radical (unpaired) electrons. The van der Waals surface area contributed by atoms with Crippen LogP contribution in [0.15, 0.2) is 64.9 Å². The first-order valence-corrected chi connectivity index (χ1v) is 6.83. The highest BCUT2D eigenvalue weighted by molar-refractivity contribution is 9.10. The molecule has 0 saturated carbocycles. The van der Waals surface area contributed by atoms with Gasteiger partial charge in [-0.3, -0.25) is 4.98 Å². The number of pyridine rings is 1. The maximum atomic E-state index is 11.9. The zero-order valence-electron chi connectivity index (χ0n) is 10.4. The number of hydrogen-bond acceptors (Lipinski definition) is 3. The van der Waals surface area contributed by atoms with Crippen LogP contribution < -0.4 is 0 Å². The number of carbonyl (C=O) groups is 1. The molecule has 3 nitrogen and oxygen atoms in total. The SMILES string of the molecule is O=C1OC(c2ccc(Br)cc2)=C/C1=C/c1ccncc1. The van der Waals surface area contributed by atoms with Gasteiger partial charge in [0.2, 0.25) is 0 Å². The fraction of sp³-hybridized carbons (Fsp3) is 0. The quantitative estimate of drug-likeness (QED) is 0.621. The molecule has 3 rings (SSSR count). The lowest BCUT2D eigenvalue weighted by atomic mass is 10.1. The Morgan fingerprint density at radius 1 is 1.05 bits per heavy atom. The lowest BCUT2D eigenvalue weighted by Crippen LogP contribution is -1.97. The van der Waals surface area contributed by atoms with Crippen molar-refractivity contribution in [3.8, 4) is 0 Å². The van der Waals surface area contributed by atoms with Crippen LogP contribution in [-0.4, -0.2) is 11.0 Å². The van der Waals surface area contributed by atoms with Crippen molar-refractivity contribution in [2.75, 3.05) is 0 Å². The Morgan fingerprint density at radius 2 is 1.75 bits per heavy atom. The molecule has 1 aliphatic heterocycles. The van der Waals surface area contributed by atoms with Crippen molar-refractivity contribution in [3.05, 3.63) is 76.0 Å². The minimum absolute atomic E-state index is 0.334. The Bertz CT molecular complexity index is 703. The van der Waals surface area contributed by atoms with Crippen LogP contribution in [0.25, 0.3) is 11.8 Å². The first-order valence-electron chi connectivity index (χ1n) is 6.04. The average molecular weight is 328 g/mol. The molecule has 0 atom stereocenters. The van der Waals surface area contributed by atoms with Crippen molar-refractivity contribution in [2.45, 2.75) is 0 Å².